The monoisotopic (exact) mass is 291 g/mol. The van der Waals surface area contributed by atoms with Crippen LogP contribution in [0.4, 0.5) is 5.69 Å². The molecule has 1 amide bonds. The predicted molar refractivity (Wildman–Crippen MR) is 68.1 cm³/mol. The van der Waals surface area contributed by atoms with E-state index in [0.717, 1.165) is 0 Å². The average molecular weight is 292 g/mol. The highest BCUT2D eigenvalue weighted by Gasteiger charge is 2.14. The molecule has 0 aliphatic carbocycles. The molecule has 1 aromatic carbocycles. The minimum absolute atomic E-state index is 0.221. The largest absolute Gasteiger partial charge is 0.479 e. The third-order valence-corrected chi connectivity index (χ3v) is 2.86. The maximum atomic E-state index is 11.5. The van der Waals surface area contributed by atoms with Gasteiger partial charge in [0.25, 0.3) is 0 Å². The van der Waals surface area contributed by atoms with Crippen LogP contribution in [-0.4, -0.2) is 29.7 Å². The zero-order valence-corrected chi connectivity index (χ0v) is 11.0. The topological polar surface area (TPSA) is 75.6 Å². The summed E-state index contributed by atoms with van der Waals surface area (Å²) in [7, 11) is 0. The van der Waals surface area contributed by atoms with Gasteiger partial charge < -0.3 is 15.2 Å². The van der Waals surface area contributed by atoms with Crippen molar-refractivity contribution in [2.75, 3.05) is 11.9 Å². The van der Waals surface area contributed by atoms with E-state index < -0.39 is 18.0 Å². The molecule has 0 saturated carbocycles. The third-order valence-electron chi connectivity index (χ3n) is 2.04. The first-order valence-electron chi connectivity index (χ1n) is 5.00. The Balaban J connectivity index is 2.55. The van der Waals surface area contributed by atoms with Crippen LogP contribution in [-0.2, 0) is 14.3 Å². The minimum atomic E-state index is -1.14. The first kappa shape index (κ1) is 14.8. The molecule has 5 nitrogen and oxygen atoms in total. The third kappa shape index (κ3) is 4.18. The van der Waals surface area contributed by atoms with E-state index in [0.29, 0.717) is 10.7 Å². The van der Waals surface area contributed by atoms with Crippen LogP contribution in [0.15, 0.2) is 18.2 Å². The zero-order valence-electron chi connectivity index (χ0n) is 9.44. The van der Waals surface area contributed by atoms with E-state index in [2.05, 4.69) is 5.32 Å². The molecule has 1 unspecified atom stereocenters. The van der Waals surface area contributed by atoms with Gasteiger partial charge in [0.05, 0.1) is 15.7 Å². The summed E-state index contributed by atoms with van der Waals surface area (Å²) in [5, 5.41) is 11.6. The summed E-state index contributed by atoms with van der Waals surface area (Å²) in [6.07, 6.45) is -1.05. The van der Waals surface area contributed by atoms with E-state index in [1.165, 1.54) is 6.92 Å². The molecule has 0 spiro atoms. The van der Waals surface area contributed by atoms with Crippen molar-refractivity contribution in [1.82, 2.24) is 0 Å². The van der Waals surface area contributed by atoms with Crippen molar-refractivity contribution in [2.24, 2.45) is 0 Å². The van der Waals surface area contributed by atoms with Crippen LogP contribution in [0.1, 0.15) is 6.92 Å². The molecule has 7 heteroatoms. The van der Waals surface area contributed by atoms with Gasteiger partial charge in [0.15, 0.2) is 6.10 Å². The van der Waals surface area contributed by atoms with Gasteiger partial charge in [-0.05, 0) is 19.1 Å². The Hall–Kier alpha value is -1.30. The van der Waals surface area contributed by atoms with Crippen LogP contribution in [0.25, 0.3) is 0 Å². The number of carbonyl (C=O) groups excluding carboxylic acids is 1. The van der Waals surface area contributed by atoms with Gasteiger partial charge in [0.2, 0.25) is 5.91 Å². The SMILES string of the molecule is CC(OCC(=O)Nc1cccc(Cl)c1Cl)C(=O)O. The fraction of sp³-hybridized carbons (Fsp3) is 0.273. The molecule has 0 aliphatic rings. The molecule has 1 rings (SSSR count). The molecule has 1 atom stereocenters. The zero-order chi connectivity index (χ0) is 13.7. The van der Waals surface area contributed by atoms with E-state index in [1.54, 1.807) is 18.2 Å². The van der Waals surface area contributed by atoms with E-state index in [1.807, 2.05) is 0 Å². The maximum Gasteiger partial charge on any atom is 0.332 e. The normalized spacial score (nSPS) is 11.9. The number of hydrogen-bond acceptors (Lipinski definition) is 3. The molecule has 1 aromatic rings. The molecular weight excluding hydrogens is 281 g/mol. The highest BCUT2D eigenvalue weighted by molar-refractivity contribution is 6.43. The number of amides is 1. The lowest BCUT2D eigenvalue weighted by atomic mass is 10.3. The Morgan fingerprint density at radius 2 is 2.11 bits per heavy atom. The predicted octanol–water partition coefficient (Wildman–Crippen LogP) is 2.42. The van der Waals surface area contributed by atoms with Crippen molar-refractivity contribution in [3.63, 3.8) is 0 Å². The van der Waals surface area contributed by atoms with Crippen LogP contribution in [0, 0.1) is 0 Å². The van der Waals surface area contributed by atoms with Crippen molar-refractivity contribution in [3.8, 4) is 0 Å². The Bertz CT molecular complexity index is 464. The number of carboxylic acids is 1. The lowest BCUT2D eigenvalue weighted by Crippen LogP contribution is -2.26. The maximum absolute atomic E-state index is 11.5. The molecule has 18 heavy (non-hydrogen) atoms. The molecule has 0 aliphatic heterocycles. The Morgan fingerprint density at radius 1 is 1.44 bits per heavy atom. The van der Waals surface area contributed by atoms with Crippen LogP contribution in [0.2, 0.25) is 10.0 Å². The van der Waals surface area contributed by atoms with Crippen molar-refractivity contribution in [1.29, 1.82) is 0 Å². The molecule has 0 saturated heterocycles. The highest BCUT2D eigenvalue weighted by atomic mass is 35.5. The average Bonchev–Trinajstić information content (AvgIpc) is 2.32. The second-order valence-corrected chi connectivity index (χ2v) is 4.23. The smallest absolute Gasteiger partial charge is 0.332 e. The molecule has 0 radical (unpaired) electrons. The lowest BCUT2D eigenvalue weighted by Gasteiger charge is -2.10. The molecule has 2 N–H and O–H groups in total. The molecule has 0 bridgehead atoms. The summed E-state index contributed by atoms with van der Waals surface area (Å²) >= 11 is 11.6. The van der Waals surface area contributed by atoms with Gasteiger partial charge in [-0.2, -0.15) is 0 Å². The first-order chi connectivity index (χ1) is 8.41. The van der Waals surface area contributed by atoms with Gasteiger partial charge in [-0.15, -0.1) is 0 Å². The summed E-state index contributed by atoms with van der Waals surface area (Å²) in [5.41, 5.74) is 0.348. The van der Waals surface area contributed by atoms with Crippen molar-refractivity contribution in [2.45, 2.75) is 13.0 Å². The number of hydrogen-bond donors (Lipinski definition) is 2. The van der Waals surface area contributed by atoms with E-state index in [-0.39, 0.29) is 11.6 Å². The van der Waals surface area contributed by atoms with Gasteiger partial charge in [-0.25, -0.2) is 4.79 Å². The van der Waals surface area contributed by atoms with Crippen molar-refractivity contribution in [3.05, 3.63) is 28.2 Å². The Morgan fingerprint density at radius 3 is 2.72 bits per heavy atom. The fourth-order valence-corrected chi connectivity index (χ4v) is 1.41. The number of aliphatic carboxylic acids is 1. The number of benzene rings is 1. The van der Waals surface area contributed by atoms with Crippen molar-refractivity contribution < 1.29 is 19.4 Å². The lowest BCUT2D eigenvalue weighted by molar-refractivity contribution is -0.150. The summed E-state index contributed by atoms with van der Waals surface area (Å²) in [5.74, 6) is -1.64. The Kier molecular flexibility index (Phi) is 5.40. The fourth-order valence-electron chi connectivity index (χ4n) is 1.06. The van der Waals surface area contributed by atoms with E-state index >= 15 is 0 Å². The summed E-state index contributed by atoms with van der Waals surface area (Å²) in [6.45, 7) is 0.957. The van der Waals surface area contributed by atoms with Crippen molar-refractivity contribution >= 4 is 40.8 Å². The van der Waals surface area contributed by atoms with Crippen LogP contribution < -0.4 is 5.32 Å². The molecule has 0 fully saturated rings. The van der Waals surface area contributed by atoms with Crippen LogP contribution >= 0.6 is 23.2 Å². The van der Waals surface area contributed by atoms with Crippen LogP contribution in [0.3, 0.4) is 0 Å². The van der Waals surface area contributed by atoms with Gasteiger partial charge in [0.1, 0.15) is 6.61 Å². The van der Waals surface area contributed by atoms with Gasteiger partial charge in [-0.3, -0.25) is 4.79 Å². The summed E-state index contributed by atoms with van der Waals surface area (Å²) < 4.78 is 4.82. The quantitative estimate of drug-likeness (QED) is 0.874. The van der Waals surface area contributed by atoms with E-state index in [4.69, 9.17) is 33.0 Å². The van der Waals surface area contributed by atoms with Gasteiger partial charge in [0, 0.05) is 0 Å². The summed E-state index contributed by atoms with van der Waals surface area (Å²) in [4.78, 5) is 21.9. The van der Waals surface area contributed by atoms with E-state index in [9.17, 15) is 9.59 Å². The number of carboxylic acid groups (broad SMARTS) is 1. The van der Waals surface area contributed by atoms with Gasteiger partial charge in [-0.1, -0.05) is 29.3 Å². The molecule has 0 heterocycles. The number of halogens is 2. The standard InChI is InChI=1S/C11H11Cl2NO4/c1-6(11(16)17)18-5-9(15)14-8-4-2-3-7(12)10(8)13/h2-4,6H,5H2,1H3,(H,14,15)(H,16,17). The molecular formula is C11H11Cl2NO4. The minimum Gasteiger partial charge on any atom is -0.479 e. The van der Waals surface area contributed by atoms with Gasteiger partial charge >= 0.3 is 5.97 Å². The number of rotatable bonds is 5. The second-order valence-electron chi connectivity index (χ2n) is 3.44. The number of carbonyl (C=O) groups is 2. The molecule has 0 aromatic heterocycles. The number of ether oxygens (including phenoxy) is 1. The second kappa shape index (κ2) is 6.58. The summed E-state index contributed by atoms with van der Waals surface area (Å²) in [6, 6.07) is 4.79. The van der Waals surface area contributed by atoms with Crippen LogP contribution in [0.5, 0.6) is 0 Å². The first-order valence-corrected chi connectivity index (χ1v) is 5.75. The molecule has 98 valence electrons. The number of anilines is 1. The Labute approximate surface area is 114 Å². The highest BCUT2D eigenvalue weighted by Crippen LogP contribution is 2.29. The number of nitrogens with one attached hydrogen (secondary N) is 1.